The van der Waals surface area contributed by atoms with Crippen molar-refractivity contribution in [2.75, 3.05) is 52.5 Å². The Morgan fingerprint density at radius 3 is 2.51 bits per heavy atom. The van der Waals surface area contributed by atoms with E-state index in [1.54, 1.807) is 4.90 Å². The van der Waals surface area contributed by atoms with Gasteiger partial charge in [-0.1, -0.05) is 72.8 Å². The Morgan fingerprint density at radius 1 is 0.982 bits per heavy atom. The number of rotatable bonds is 15. The van der Waals surface area contributed by atoms with Crippen molar-refractivity contribution in [1.29, 1.82) is 0 Å². The number of likely N-dealkylation sites (tertiary alicyclic amines) is 1. The van der Waals surface area contributed by atoms with E-state index in [1.165, 1.54) is 0 Å². The number of nitrogens with zero attached hydrogens (tertiary/aromatic N) is 3. The molecule has 2 amide bonds. The third-order valence-corrected chi connectivity index (χ3v) is 11.5. The number of hydrogen-bond acceptors (Lipinski definition) is 8. The number of quaternary nitrogens is 1. The Labute approximate surface area is 336 Å². The Hall–Kier alpha value is -4.52. The molecule has 11 heteroatoms. The molecule has 0 bridgehead atoms. The van der Waals surface area contributed by atoms with Crippen LogP contribution < -0.4 is 14.9 Å². The summed E-state index contributed by atoms with van der Waals surface area (Å²) in [6.45, 7) is 11.6. The highest BCUT2D eigenvalue weighted by Crippen LogP contribution is 2.38. The minimum atomic E-state index is -0.941. The summed E-state index contributed by atoms with van der Waals surface area (Å²) in [4.78, 5) is 39.3. The van der Waals surface area contributed by atoms with Gasteiger partial charge in [-0.25, -0.2) is 0 Å². The van der Waals surface area contributed by atoms with Gasteiger partial charge in [0.2, 0.25) is 11.9 Å². The second-order valence-electron chi connectivity index (χ2n) is 16.9. The molecule has 4 aromatic rings. The fourth-order valence-corrected chi connectivity index (χ4v) is 8.73. The monoisotopic (exact) mass is 779 g/mol. The molecule has 1 aliphatic carbocycles. The molecule has 0 spiro atoms. The first-order valence-corrected chi connectivity index (χ1v) is 20.6. The molecule has 3 N–H and O–H groups in total. The standard InChI is InChI=1S/C46H58N4O7/c1-46(2,3)47-45(54)40-15-9-26-50(40,57-42-16-8-12-34-10-4-6-13-38(34)42)32-36(51)19-22-43(53)49(44-39-14-7-5-11-35(39)30-41(44)52)31-33-17-20-37(21-18-33)56-29-25-48-23-27-55-28-24-48/h4-8,10-14,16-18,20-21,36,40-41,44,51-52H,9,15,19,22-32H2,1-3H3/p+1/t36-,40+,41+,44-,50?/m0/s1. The zero-order chi connectivity index (χ0) is 40.0. The molecule has 5 atom stereocenters. The van der Waals surface area contributed by atoms with E-state index in [-0.39, 0.29) is 42.4 Å². The molecule has 57 heavy (non-hydrogen) atoms. The van der Waals surface area contributed by atoms with Crippen LogP contribution in [-0.4, -0.2) is 113 Å². The molecule has 2 aliphatic heterocycles. The molecule has 4 aromatic carbocycles. The van der Waals surface area contributed by atoms with Gasteiger partial charge in [-0.2, -0.15) is 0 Å². The maximum Gasteiger partial charge on any atom is 0.282 e. The van der Waals surface area contributed by atoms with Gasteiger partial charge in [0.25, 0.3) is 5.91 Å². The van der Waals surface area contributed by atoms with Crippen molar-refractivity contribution < 1.29 is 38.8 Å². The summed E-state index contributed by atoms with van der Waals surface area (Å²) in [5, 5.41) is 28.3. The van der Waals surface area contributed by atoms with Crippen LogP contribution in [0.4, 0.5) is 0 Å². The van der Waals surface area contributed by atoms with Crippen molar-refractivity contribution >= 4 is 22.6 Å². The Bertz CT molecular complexity index is 1970. The van der Waals surface area contributed by atoms with Crippen molar-refractivity contribution in [3.8, 4) is 11.5 Å². The van der Waals surface area contributed by atoms with Gasteiger partial charge in [0, 0.05) is 62.8 Å². The highest BCUT2D eigenvalue weighted by atomic mass is 16.7. The summed E-state index contributed by atoms with van der Waals surface area (Å²) in [6.07, 6.45) is 0.362. The predicted octanol–water partition coefficient (Wildman–Crippen LogP) is 5.57. The normalized spacial score (nSPS) is 22.9. The highest BCUT2D eigenvalue weighted by Gasteiger charge is 2.51. The summed E-state index contributed by atoms with van der Waals surface area (Å²) in [7, 11) is 0. The summed E-state index contributed by atoms with van der Waals surface area (Å²) in [5.41, 5.74) is 2.45. The number of carbonyl (C=O) groups is 2. The van der Waals surface area contributed by atoms with Crippen molar-refractivity contribution in [2.45, 2.75) is 89.3 Å². The van der Waals surface area contributed by atoms with Gasteiger partial charge in [0.05, 0.1) is 25.4 Å². The minimum absolute atomic E-state index is 0.0579. The summed E-state index contributed by atoms with van der Waals surface area (Å²) in [5.74, 6) is 1.14. The largest absolute Gasteiger partial charge is 0.492 e. The van der Waals surface area contributed by atoms with Gasteiger partial charge < -0.3 is 34.7 Å². The average Bonchev–Trinajstić information content (AvgIpc) is 3.76. The topological polar surface area (TPSA) is 121 Å². The van der Waals surface area contributed by atoms with E-state index in [0.29, 0.717) is 31.7 Å². The first-order chi connectivity index (χ1) is 27.5. The number of aliphatic hydroxyl groups excluding tert-OH is 2. The van der Waals surface area contributed by atoms with Crippen LogP contribution in [0.1, 0.15) is 69.2 Å². The van der Waals surface area contributed by atoms with E-state index >= 15 is 0 Å². The van der Waals surface area contributed by atoms with Crippen molar-refractivity contribution in [3.63, 3.8) is 0 Å². The number of morpholine rings is 1. The number of ether oxygens (including phenoxy) is 2. The van der Waals surface area contributed by atoms with E-state index in [0.717, 1.165) is 72.5 Å². The van der Waals surface area contributed by atoms with E-state index in [2.05, 4.69) is 10.2 Å². The van der Waals surface area contributed by atoms with Crippen molar-refractivity contribution in [3.05, 3.63) is 108 Å². The van der Waals surface area contributed by atoms with Gasteiger partial charge in [-0.15, -0.1) is 4.65 Å². The molecule has 7 rings (SSSR count). The number of fused-ring (bicyclic) bond motifs is 2. The summed E-state index contributed by atoms with van der Waals surface area (Å²) >= 11 is 0. The summed E-state index contributed by atoms with van der Waals surface area (Å²) < 4.78 is 11.4. The van der Waals surface area contributed by atoms with Gasteiger partial charge in [0.15, 0.2) is 5.75 Å². The highest BCUT2D eigenvalue weighted by molar-refractivity contribution is 5.88. The molecule has 3 aliphatic rings. The number of aliphatic hydroxyl groups is 2. The zero-order valence-corrected chi connectivity index (χ0v) is 33.6. The Balaban J connectivity index is 1.07. The van der Waals surface area contributed by atoms with E-state index in [4.69, 9.17) is 14.3 Å². The average molecular weight is 780 g/mol. The van der Waals surface area contributed by atoms with Crippen LogP contribution >= 0.6 is 0 Å². The number of carbonyl (C=O) groups excluding carboxylic acids is 2. The van der Waals surface area contributed by atoms with Crippen LogP contribution in [0.2, 0.25) is 0 Å². The lowest BCUT2D eigenvalue weighted by Crippen LogP contribution is -2.63. The zero-order valence-electron chi connectivity index (χ0n) is 33.6. The molecule has 11 nitrogen and oxygen atoms in total. The first-order valence-electron chi connectivity index (χ1n) is 20.6. The smallest absolute Gasteiger partial charge is 0.282 e. The lowest BCUT2D eigenvalue weighted by Gasteiger charge is -2.39. The lowest BCUT2D eigenvalue weighted by molar-refractivity contribution is -1.08. The van der Waals surface area contributed by atoms with Gasteiger partial charge >= 0.3 is 0 Å². The Morgan fingerprint density at radius 2 is 1.72 bits per heavy atom. The molecule has 0 saturated carbocycles. The molecule has 0 aromatic heterocycles. The van der Waals surface area contributed by atoms with Crippen LogP contribution in [0.3, 0.4) is 0 Å². The maximum atomic E-state index is 14.4. The molecule has 1 unspecified atom stereocenters. The number of nitrogens with one attached hydrogen (secondary N) is 1. The minimum Gasteiger partial charge on any atom is -0.492 e. The van der Waals surface area contributed by atoms with E-state index in [9.17, 15) is 19.8 Å². The van der Waals surface area contributed by atoms with Crippen LogP contribution in [0, 0.1) is 0 Å². The molecule has 2 fully saturated rings. The van der Waals surface area contributed by atoms with Gasteiger partial charge in [-0.05, 0) is 67.5 Å². The number of benzene rings is 4. The molecular formula is C46H59N4O7+. The lowest BCUT2D eigenvalue weighted by atomic mass is 10.0. The maximum absolute atomic E-state index is 14.4. The van der Waals surface area contributed by atoms with Crippen molar-refractivity contribution in [2.24, 2.45) is 0 Å². The predicted molar refractivity (Wildman–Crippen MR) is 219 cm³/mol. The van der Waals surface area contributed by atoms with Crippen LogP contribution in [-0.2, 0) is 27.3 Å². The van der Waals surface area contributed by atoms with E-state index < -0.39 is 29.8 Å². The SMILES string of the molecule is CC(C)(C)NC(=O)[C@H]1CCC[N+]1(C[C@@H](O)CCC(=O)N(Cc1ccc(OCCN2CCOCC2)cc1)[C@H]1c2ccccc2C[C@H]1O)Oc1cccc2ccccc12. The van der Waals surface area contributed by atoms with Crippen LogP contribution in [0.25, 0.3) is 10.8 Å². The molecular weight excluding hydrogens is 721 g/mol. The first kappa shape index (κ1) is 40.7. The number of hydroxylamine groups is 3. The van der Waals surface area contributed by atoms with Gasteiger partial charge in [0.1, 0.15) is 31.5 Å². The van der Waals surface area contributed by atoms with Crippen molar-refractivity contribution in [1.82, 2.24) is 15.1 Å². The van der Waals surface area contributed by atoms with Crippen LogP contribution in [0.5, 0.6) is 11.5 Å². The number of hydrogen-bond donors (Lipinski definition) is 3. The third-order valence-electron chi connectivity index (χ3n) is 11.5. The van der Waals surface area contributed by atoms with Crippen LogP contribution in [0.15, 0.2) is 91.0 Å². The Kier molecular flexibility index (Phi) is 12.8. The fraction of sp³-hybridized carbons (Fsp3) is 0.478. The summed E-state index contributed by atoms with van der Waals surface area (Å²) in [6, 6.07) is 28.5. The second-order valence-corrected chi connectivity index (χ2v) is 16.9. The molecule has 0 radical (unpaired) electrons. The van der Waals surface area contributed by atoms with E-state index in [1.807, 2.05) is 112 Å². The quantitative estimate of drug-likeness (QED) is 0.134. The second kappa shape index (κ2) is 18.0. The van der Waals surface area contributed by atoms with Gasteiger partial charge in [-0.3, -0.25) is 14.5 Å². The molecule has 304 valence electrons. The molecule has 2 saturated heterocycles. The molecule has 2 heterocycles. The fourth-order valence-electron chi connectivity index (χ4n) is 8.73. The third kappa shape index (κ3) is 9.96. The number of amides is 2.